The summed E-state index contributed by atoms with van der Waals surface area (Å²) in [7, 11) is 0. The van der Waals surface area contributed by atoms with Crippen LogP contribution in [0.1, 0.15) is 35.1 Å². The van der Waals surface area contributed by atoms with Gasteiger partial charge < -0.3 is 15.2 Å². The molecule has 5 nitrogen and oxygen atoms in total. The molecule has 0 saturated carbocycles. The lowest BCUT2D eigenvalue weighted by Crippen LogP contribution is -2.34. The Kier molecular flexibility index (Phi) is 6.23. The van der Waals surface area contributed by atoms with Crippen LogP contribution < -0.4 is 10.6 Å². The highest BCUT2D eigenvalue weighted by Gasteiger charge is 2.36. The van der Waals surface area contributed by atoms with Crippen molar-refractivity contribution in [1.82, 2.24) is 5.16 Å². The Morgan fingerprint density at radius 3 is 2.39 bits per heavy atom. The zero-order chi connectivity index (χ0) is 21.1. The fourth-order valence-corrected chi connectivity index (χ4v) is 2.76. The van der Waals surface area contributed by atoms with Crippen LogP contribution in [0.5, 0.6) is 0 Å². The highest BCUT2D eigenvalue weighted by Crippen LogP contribution is 2.35. The molecule has 0 fully saturated rings. The fraction of sp³-hybridized carbons (Fsp3) is 0.412. The molecule has 11 heteroatoms. The quantitative estimate of drug-likeness (QED) is 0.729. The highest BCUT2D eigenvalue weighted by molar-refractivity contribution is 5.55. The van der Waals surface area contributed by atoms with Crippen LogP contribution in [0.3, 0.4) is 0 Å². The molecule has 1 aromatic carbocycles. The lowest BCUT2D eigenvalue weighted by molar-refractivity contribution is -0.137. The lowest BCUT2D eigenvalue weighted by Gasteiger charge is -2.26. The fourth-order valence-electron chi connectivity index (χ4n) is 2.76. The molecular formula is C17H16F6N4O. The number of halogens is 6. The average Bonchev–Trinajstić information content (AvgIpc) is 3.00. The molecule has 0 spiro atoms. The maximum Gasteiger partial charge on any atom is 0.417 e. The van der Waals surface area contributed by atoms with Gasteiger partial charge in [-0.2, -0.15) is 31.6 Å². The molecule has 2 aromatic rings. The number of hydrogen-bond donors (Lipinski definition) is 1. The van der Waals surface area contributed by atoms with Crippen molar-refractivity contribution in [3.63, 3.8) is 0 Å². The van der Waals surface area contributed by atoms with Crippen molar-refractivity contribution in [3.05, 3.63) is 46.3 Å². The second-order valence-corrected chi connectivity index (χ2v) is 5.90. The van der Waals surface area contributed by atoms with Crippen molar-refractivity contribution in [3.8, 4) is 6.07 Å². The number of alkyl halides is 6. The number of nitrogens with zero attached hydrogens (tertiary/aromatic N) is 3. The third kappa shape index (κ3) is 4.95. The van der Waals surface area contributed by atoms with Gasteiger partial charge >= 0.3 is 12.4 Å². The standard InChI is InChI=1S/C17H16F6N4O/c1-2-12-14(26-28-15(12)7-25)8-27(9-16(18,19)20)11-4-3-10(6-24)13(5-11)17(21,22)23/h3-5H,2,7-9,25H2,1H3. The molecule has 0 unspecified atom stereocenters. The van der Waals surface area contributed by atoms with Crippen LogP contribution in [0.4, 0.5) is 32.0 Å². The third-order valence-corrected chi connectivity index (χ3v) is 3.99. The van der Waals surface area contributed by atoms with Gasteiger partial charge in [-0.25, -0.2) is 0 Å². The molecule has 0 radical (unpaired) electrons. The molecule has 0 aliphatic carbocycles. The van der Waals surface area contributed by atoms with Gasteiger partial charge in [-0.15, -0.1) is 0 Å². The summed E-state index contributed by atoms with van der Waals surface area (Å²) in [4.78, 5) is 0.702. The Morgan fingerprint density at radius 1 is 1.21 bits per heavy atom. The zero-order valence-corrected chi connectivity index (χ0v) is 14.7. The van der Waals surface area contributed by atoms with Gasteiger partial charge in [0, 0.05) is 11.3 Å². The molecule has 1 heterocycles. The minimum Gasteiger partial charge on any atom is -0.359 e. The minimum atomic E-state index is -4.89. The summed E-state index contributed by atoms with van der Waals surface area (Å²) >= 11 is 0. The molecule has 0 bridgehead atoms. The van der Waals surface area contributed by atoms with Gasteiger partial charge in [0.25, 0.3) is 0 Å². The minimum absolute atomic E-state index is 0.00939. The predicted octanol–water partition coefficient (Wildman–Crippen LogP) is 4.16. The van der Waals surface area contributed by atoms with E-state index in [1.165, 1.54) is 6.07 Å². The molecule has 28 heavy (non-hydrogen) atoms. The van der Waals surface area contributed by atoms with Gasteiger partial charge in [-0.3, -0.25) is 0 Å². The lowest BCUT2D eigenvalue weighted by atomic mass is 10.1. The molecular weight excluding hydrogens is 390 g/mol. The zero-order valence-electron chi connectivity index (χ0n) is 14.7. The van der Waals surface area contributed by atoms with E-state index in [1.54, 1.807) is 6.92 Å². The van der Waals surface area contributed by atoms with Crippen LogP contribution in [0, 0.1) is 11.3 Å². The third-order valence-electron chi connectivity index (χ3n) is 3.99. The van der Waals surface area contributed by atoms with Crippen molar-refractivity contribution in [2.45, 2.75) is 38.8 Å². The van der Waals surface area contributed by atoms with Crippen LogP contribution in [-0.4, -0.2) is 17.9 Å². The van der Waals surface area contributed by atoms with Crippen molar-refractivity contribution in [2.24, 2.45) is 5.73 Å². The summed E-state index contributed by atoms with van der Waals surface area (Å²) in [6.45, 7) is -0.225. The number of benzene rings is 1. The van der Waals surface area contributed by atoms with Gasteiger partial charge in [0.05, 0.1) is 30.3 Å². The number of nitriles is 1. The second kappa shape index (κ2) is 8.10. The summed E-state index contributed by atoms with van der Waals surface area (Å²) in [5.41, 5.74) is 3.84. The number of rotatable bonds is 6. The van der Waals surface area contributed by atoms with E-state index in [0.717, 1.165) is 12.1 Å². The monoisotopic (exact) mass is 406 g/mol. The van der Waals surface area contributed by atoms with E-state index >= 15 is 0 Å². The first-order valence-electron chi connectivity index (χ1n) is 8.09. The summed E-state index contributed by atoms with van der Waals surface area (Å²) in [5, 5.41) is 12.6. The molecule has 152 valence electrons. The van der Waals surface area contributed by atoms with Gasteiger partial charge in [-0.05, 0) is 24.6 Å². The summed E-state index contributed by atoms with van der Waals surface area (Å²) in [5.74, 6) is 0.306. The first kappa shape index (κ1) is 21.6. The topological polar surface area (TPSA) is 79.1 Å². The van der Waals surface area contributed by atoms with E-state index in [1.807, 2.05) is 0 Å². The Hall–Kier alpha value is -2.74. The Morgan fingerprint density at radius 2 is 1.89 bits per heavy atom. The van der Waals surface area contributed by atoms with E-state index in [9.17, 15) is 26.3 Å². The number of nitrogens with two attached hydrogens (primary N) is 1. The van der Waals surface area contributed by atoms with Gasteiger partial charge in [0.1, 0.15) is 12.2 Å². The first-order chi connectivity index (χ1) is 13.0. The smallest absolute Gasteiger partial charge is 0.359 e. The molecule has 0 amide bonds. The first-order valence-corrected chi connectivity index (χ1v) is 8.09. The van der Waals surface area contributed by atoms with Crippen molar-refractivity contribution in [1.29, 1.82) is 5.26 Å². The maximum atomic E-state index is 13.2. The molecule has 1 aromatic heterocycles. The van der Waals surface area contributed by atoms with E-state index in [0.29, 0.717) is 28.7 Å². The van der Waals surface area contributed by atoms with Crippen LogP contribution in [-0.2, 0) is 25.7 Å². The van der Waals surface area contributed by atoms with Crippen molar-refractivity contribution < 1.29 is 30.9 Å². The van der Waals surface area contributed by atoms with E-state index in [2.05, 4.69) is 5.16 Å². The summed E-state index contributed by atoms with van der Waals surface area (Å²) in [6, 6.07) is 3.80. The van der Waals surface area contributed by atoms with Crippen LogP contribution in [0.25, 0.3) is 0 Å². The number of anilines is 1. The Balaban J connectivity index is 2.50. The van der Waals surface area contributed by atoms with E-state index < -0.39 is 36.6 Å². The van der Waals surface area contributed by atoms with Gasteiger partial charge in [0.2, 0.25) is 0 Å². The summed E-state index contributed by atoms with van der Waals surface area (Å²) < 4.78 is 83.7. The van der Waals surface area contributed by atoms with Gasteiger partial charge in [0.15, 0.2) is 5.76 Å². The Labute approximate surface area is 156 Å². The Bertz CT molecular complexity index is 866. The highest BCUT2D eigenvalue weighted by atomic mass is 19.4. The number of aromatic nitrogens is 1. The van der Waals surface area contributed by atoms with Crippen LogP contribution in [0.15, 0.2) is 22.7 Å². The van der Waals surface area contributed by atoms with Gasteiger partial charge in [-0.1, -0.05) is 12.1 Å². The second-order valence-electron chi connectivity index (χ2n) is 5.90. The number of hydrogen-bond acceptors (Lipinski definition) is 5. The predicted molar refractivity (Wildman–Crippen MR) is 87.0 cm³/mol. The van der Waals surface area contributed by atoms with Crippen LogP contribution in [0.2, 0.25) is 0 Å². The largest absolute Gasteiger partial charge is 0.417 e. The summed E-state index contributed by atoms with van der Waals surface area (Å²) in [6.07, 6.45) is -9.19. The molecule has 0 saturated heterocycles. The SMILES string of the molecule is CCc1c(CN(CC(F)(F)F)c2ccc(C#N)c(C(F)(F)F)c2)noc1CN. The average molecular weight is 406 g/mol. The van der Waals surface area contributed by atoms with E-state index in [-0.39, 0.29) is 17.9 Å². The van der Waals surface area contributed by atoms with E-state index in [4.69, 9.17) is 15.5 Å². The molecule has 2 N–H and O–H groups in total. The normalized spacial score (nSPS) is 12.1. The molecule has 2 rings (SSSR count). The molecule has 0 aliphatic rings. The van der Waals surface area contributed by atoms with Crippen molar-refractivity contribution in [2.75, 3.05) is 11.4 Å². The van der Waals surface area contributed by atoms with Crippen LogP contribution >= 0.6 is 0 Å². The maximum absolute atomic E-state index is 13.2. The molecule has 0 aliphatic heterocycles. The molecule has 0 atom stereocenters. The van der Waals surface area contributed by atoms with Crippen molar-refractivity contribution >= 4 is 5.69 Å².